The Balaban J connectivity index is 1.46. The van der Waals surface area contributed by atoms with Gasteiger partial charge in [-0.2, -0.15) is 8.78 Å². The topological polar surface area (TPSA) is 105 Å². The van der Waals surface area contributed by atoms with Crippen LogP contribution in [0.5, 0.6) is 17.2 Å². The van der Waals surface area contributed by atoms with Crippen molar-refractivity contribution in [1.29, 1.82) is 0 Å². The Hall–Kier alpha value is -4.81. The maximum absolute atomic E-state index is 13.6. The van der Waals surface area contributed by atoms with E-state index in [1.807, 2.05) is 0 Å². The van der Waals surface area contributed by atoms with Gasteiger partial charge in [-0.05, 0) is 23.8 Å². The van der Waals surface area contributed by atoms with Crippen molar-refractivity contribution in [3.63, 3.8) is 0 Å². The van der Waals surface area contributed by atoms with Crippen LogP contribution in [0.15, 0.2) is 48.2 Å². The fourth-order valence-electron chi connectivity index (χ4n) is 3.11. The SMILES string of the molecule is O=C(COc1c(F)c(F)c(F)c(F)c1F)Oc1ccc2c(c1)O/C(=C\c1cccc([N+](=O)[O-])c1)C2=O. The van der Waals surface area contributed by atoms with Gasteiger partial charge in [-0.25, -0.2) is 18.0 Å². The molecule has 0 amide bonds. The zero-order valence-electron chi connectivity index (χ0n) is 17.5. The molecule has 0 saturated heterocycles. The van der Waals surface area contributed by atoms with Crippen molar-refractivity contribution >= 4 is 23.5 Å². The second-order valence-electron chi connectivity index (χ2n) is 7.11. The average molecular weight is 507 g/mol. The lowest BCUT2D eigenvalue weighted by molar-refractivity contribution is -0.384. The fourth-order valence-corrected chi connectivity index (χ4v) is 3.11. The number of benzene rings is 3. The lowest BCUT2D eigenvalue weighted by atomic mass is 10.1. The van der Waals surface area contributed by atoms with Crippen LogP contribution in [0.3, 0.4) is 0 Å². The summed E-state index contributed by atoms with van der Waals surface area (Å²) < 4.78 is 81.6. The van der Waals surface area contributed by atoms with E-state index in [0.29, 0.717) is 5.56 Å². The molecule has 0 unspecified atom stereocenters. The number of halogens is 5. The van der Waals surface area contributed by atoms with E-state index in [2.05, 4.69) is 4.74 Å². The number of non-ortho nitro benzene ring substituents is 1. The summed E-state index contributed by atoms with van der Waals surface area (Å²) in [6.45, 7) is -1.22. The molecule has 0 radical (unpaired) electrons. The molecule has 0 aliphatic carbocycles. The minimum atomic E-state index is -2.38. The molecule has 0 N–H and O–H groups in total. The molecule has 4 rings (SSSR count). The number of nitro groups is 1. The van der Waals surface area contributed by atoms with Crippen molar-refractivity contribution in [2.45, 2.75) is 0 Å². The Kier molecular flexibility index (Phi) is 6.38. The van der Waals surface area contributed by atoms with Crippen molar-refractivity contribution in [3.05, 3.63) is 98.6 Å². The van der Waals surface area contributed by atoms with Crippen molar-refractivity contribution < 1.29 is 50.7 Å². The molecule has 1 aliphatic heterocycles. The van der Waals surface area contributed by atoms with Crippen molar-refractivity contribution in [2.24, 2.45) is 0 Å². The van der Waals surface area contributed by atoms with Crippen LogP contribution in [0.4, 0.5) is 27.6 Å². The van der Waals surface area contributed by atoms with Crippen LogP contribution < -0.4 is 14.2 Å². The molecule has 8 nitrogen and oxygen atoms in total. The Bertz CT molecular complexity index is 1440. The summed E-state index contributed by atoms with van der Waals surface area (Å²) in [5, 5.41) is 10.9. The first-order valence-corrected chi connectivity index (χ1v) is 9.74. The molecule has 3 aromatic rings. The van der Waals surface area contributed by atoms with E-state index in [1.54, 1.807) is 0 Å². The van der Waals surface area contributed by atoms with Gasteiger partial charge in [0, 0.05) is 18.2 Å². The molecule has 0 saturated carbocycles. The largest absolute Gasteiger partial charge is 0.476 e. The summed E-state index contributed by atoms with van der Waals surface area (Å²) in [4.78, 5) is 34.8. The smallest absolute Gasteiger partial charge is 0.349 e. The maximum atomic E-state index is 13.6. The predicted octanol–water partition coefficient (Wildman–Crippen LogP) is 4.89. The third-order valence-electron chi connectivity index (χ3n) is 4.76. The Morgan fingerprint density at radius 2 is 1.64 bits per heavy atom. The minimum Gasteiger partial charge on any atom is -0.476 e. The van der Waals surface area contributed by atoms with Crippen LogP contribution in [0.1, 0.15) is 15.9 Å². The lowest BCUT2D eigenvalue weighted by Gasteiger charge is -2.10. The highest BCUT2D eigenvalue weighted by molar-refractivity contribution is 6.14. The summed E-state index contributed by atoms with van der Waals surface area (Å²) >= 11 is 0. The third kappa shape index (κ3) is 4.58. The van der Waals surface area contributed by atoms with E-state index in [-0.39, 0.29) is 28.5 Å². The van der Waals surface area contributed by atoms with E-state index < -0.39 is 58.1 Å². The highest BCUT2D eigenvalue weighted by atomic mass is 19.2. The van der Waals surface area contributed by atoms with Gasteiger partial charge in [0.2, 0.25) is 34.9 Å². The van der Waals surface area contributed by atoms with Gasteiger partial charge in [0.15, 0.2) is 18.1 Å². The first-order chi connectivity index (χ1) is 17.1. The number of carbonyl (C=O) groups is 2. The number of carbonyl (C=O) groups excluding carboxylic acids is 2. The zero-order chi connectivity index (χ0) is 26.1. The fraction of sp³-hybridized carbons (Fsp3) is 0.0435. The Labute approximate surface area is 197 Å². The maximum Gasteiger partial charge on any atom is 0.349 e. The number of ketones is 1. The lowest BCUT2D eigenvalue weighted by Crippen LogP contribution is -2.19. The summed E-state index contributed by atoms with van der Waals surface area (Å²) in [7, 11) is 0. The van der Waals surface area contributed by atoms with Gasteiger partial charge in [0.05, 0.1) is 10.5 Å². The quantitative estimate of drug-likeness (QED) is 0.0684. The number of Topliss-reactive ketones (excluding diaryl/α,β-unsaturated/α-hetero) is 1. The number of hydrogen-bond acceptors (Lipinski definition) is 7. The molecular weight excluding hydrogens is 497 g/mol. The van der Waals surface area contributed by atoms with Gasteiger partial charge in [-0.15, -0.1) is 0 Å². The molecule has 0 atom stereocenters. The van der Waals surface area contributed by atoms with Gasteiger partial charge in [0.25, 0.3) is 5.69 Å². The number of hydrogen-bond donors (Lipinski definition) is 0. The number of esters is 1. The van der Waals surface area contributed by atoms with Crippen LogP contribution in [-0.2, 0) is 4.79 Å². The van der Waals surface area contributed by atoms with Gasteiger partial charge in [0.1, 0.15) is 11.5 Å². The molecule has 0 bridgehead atoms. The molecule has 3 aromatic carbocycles. The first-order valence-electron chi connectivity index (χ1n) is 9.74. The van der Waals surface area contributed by atoms with Crippen LogP contribution >= 0.6 is 0 Å². The molecule has 1 heterocycles. The number of rotatable bonds is 6. The minimum absolute atomic E-state index is 0.0253. The summed E-state index contributed by atoms with van der Waals surface area (Å²) in [6, 6.07) is 9.00. The third-order valence-corrected chi connectivity index (χ3v) is 4.76. The number of nitro benzene ring substituents is 1. The van der Waals surface area contributed by atoms with E-state index in [4.69, 9.17) is 9.47 Å². The second-order valence-corrected chi connectivity index (χ2v) is 7.11. The Morgan fingerprint density at radius 3 is 2.31 bits per heavy atom. The number of fused-ring (bicyclic) bond motifs is 1. The zero-order valence-corrected chi connectivity index (χ0v) is 17.5. The summed E-state index contributed by atoms with van der Waals surface area (Å²) in [6.07, 6.45) is 1.28. The number of ether oxygens (including phenoxy) is 3. The van der Waals surface area contributed by atoms with Crippen LogP contribution in [0.25, 0.3) is 6.08 Å². The molecular formula is C23H10F5NO7. The molecule has 0 spiro atoms. The molecule has 1 aliphatic rings. The second kappa shape index (κ2) is 9.44. The van der Waals surface area contributed by atoms with E-state index in [9.17, 15) is 41.7 Å². The van der Waals surface area contributed by atoms with E-state index >= 15 is 0 Å². The molecule has 13 heteroatoms. The number of nitrogens with zero attached hydrogens (tertiary/aromatic N) is 1. The highest BCUT2D eigenvalue weighted by Crippen LogP contribution is 2.35. The normalized spacial score (nSPS) is 13.4. The monoisotopic (exact) mass is 507 g/mol. The molecule has 184 valence electrons. The number of allylic oxidation sites excluding steroid dienone is 1. The predicted molar refractivity (Wildman–Crippen MR) is 110 cm³/mol. The summed E-state index contributed by atoms with van der Waals surface area (Å²) in [5.41, 5.74) is 0.205. The van der Waals surface area contributed by atoms with Gasteiger partial charge < -0.3 is 14.2 Å². The van der Waals surface area contributed by atoms with Crippen LogP contribution in [0.2, 0.25) is 0 Å². The molecule has 36 heavy (non-hydrogen) atoms. The first kappa shape index (κ1) is 24.3. The van der Waals surface area contributed by atoms with Crippen molar-refractivity contribution in [2.75, 3.05) is 6.61 Å². The van der Waals surface area contributed by atoms with Crippen molar-refractivity contribution in [3.8, 4) is 17.2 Å². The van der Waals surface area contributed by atoms with E-state index in [0.717, 1.165) is 6.07 Å². The van der Waals surface area contributed by atoms with Crippen molar-refractivity contribution in [1.82, 2.24) is 0 Å². The molecule has 0 fully saturated rings. The van der Waals surface area contributed by atoms with Crippen LogP contribution in [-0.4, -0.2) is 23.3 Å². The standard InChI is InChI=1S/C23H10F5NO7/c24-17-18(25)20(27)23(21(28)19(17)26)34-9-16(30)35-12-4-5-13-14(8-12)36-15(22(13)31)7-10-2-1-3-11(6-10)29(32)33/h1-8H,9H2/b15-7-. The van der Waals surface area contributed by atoms with E-state index in [1.165, 1.54) is 42.5 Å². The molecule has 0 aromatic heterocycles. The van der Waals surface area contributed by atoms with Crippen LogP contribution in [0, 0.1) is 39.2 Å². The van der Waals surface area contributed by atoms with Gasteiger partial charge in [-0.1, -0.05) is 12.1 Å². The Morgan fingerprint density at radius 1 is 0.972 bits per heavy atom. The van der Waals surface area contributed by atoms with Gasteiger partial charge in [-0.3, -0.25) is 14.9 Å². The summed E-state index contributed by atoms with van der Waals surface area (Å²) in [5.74, 6) is -15.2. The highest BCUT2D eigenvalue weighted by Gasteiger charge is 2.29. The van der Waals surface area contributed by atoms with Gasteiger partial charge >= 0.3 is 5.97 Å². The average Bonchev–Trinajstić information content (AvgIpc) is 3.15.